The Bertz CT molecular complexity index is 2170. The molecule has 2 unspecified atom stereocenters. The molecule has 1 aliphatic carbocycles. The van der Waals surface area contributed by atoms with Crippen molar-refractivity contribution in [1.82, 2.24) is 4.57 Å². The van der Waals surface area contributed by atoms with Gasteiger partial charge < -0.3 is 9.47 Å². The zero-order chi connectivity index (χ0) is 29.0. The third kappa shape index (κ3) is 3.81. The van der Waals surface area contributed by atoms with E-state index in [1.54, 1.807) is 0 Å². The maximum Gasteiger partial charge on any atom is 0.0637 e. The van der Waals surface area contributed by atoms with Crippen molar-refractivity contribution in [1.29, 1.82) is 0 Å². The number of hydrogen-bond acceptors (Lipinski definition) is 1. The van der Waals surface area contributed by atoms with Crippen LogP contribution in [0.1, 0.15) is 22.7 Å². The molecule has 0 radical (unpaired) electrons. The molecule has 0 bridgehead atoms. The van der Waals surface area contributed by atoms with Crippen molar-refractivity contribution in [2.24, 2.45) is 0 Å². The van der Waals surface area contributed by atoms with E-state index in [1.165, 1.54) is 67.0 Å². The second kappa shape index (κ2) is 10.00. The molecule has 6 aromatic carbocycles. The van der Waals surface area contributed by atoms with Crippen LogP contribution >= 0.6 is 0 Å². The summed E-state index contributed by atoms with van der Waals surface area (Å²) in [6.07, 6.45) is 4.78. The van der Waals surface area contributed by atoms with E-state index in [2.05, 4.69) is 179 Å². The molecule has 44 heavy (non-hydrogen) atoms. The van der Waals surface area contributed by atoms with Gasteiger partial charge in [0.15, 0.2) is 0 Å². The van der Waals surface area contributed by atoms with Crippen LogP contribution < -0.4 is 4.90 Å². The van der Waals surface area contributed by atoms with Crippen molar-refractivity contribution in [2.75, 3.05) is 4.90 Å². The fourth-order valence-corrected chi connectivity index (χ4v) is 7.44. The molecule has 0 amide bonds. The first kappa shape index (κ1) is 24.9. The number of fused-ring (bicyclic) bond motifs is 7. The smallest absolute Gasteiger partial charge is 0.0637 e. The molecule has 0 spiro atoms. The highest BCUT2D eigenvalue weighted by molar-refractivity contribution is 5.94. The number of rotatable bonds is 4. The van der Waals surface area contributed by atoms with Crippen LogP contribution in [0.15, 0.2) is 164 Å². The summed E-state index contributed by atoms with van der Waals surface area (Å²) in [7, 11) is 0. The van der Waals surface area contributed by atoms with Gasteiger partial charge in [-0.15, -0.1) is 0 Å². The minimum atomic E-state index is 0.186. The highest BCUT2D eigenvalue weighted by Gasteiger charge is 2.43. The normalized spacial score (nSPS) is 16.5. The number of hydrogen-bond donors (Lipinski definition) is 0. The molecule has 0 saturated carbocycles. The lowest BCUT2D eigenvalue weighted by Gasteiger charge is -2.31. The summed E-state index contributed by atoms with van der Waals surface area (Å²) in [5.41, 5.74) is 14.0. The highest BCUT2D eigenvalue weighted by atomic mass is 15.2. The average Bonchev–Trinajstić information content (AvgIpc) is 3.62. The van der Waals surface area contributed by atoms with Gasteiger partial charge in [0.2, 0.25) is 0 Å². The summed E-state index contributed by atoms with van der Waals surface area (Å²) < 4.78 is 2.43. The molecule has 0 saturated heterocycles. The van der Waals surface area contributed by atoms with Crippen molar-refractivity contribution in [2.45, 2.75) is 12.0 Å². The predicted octanol–water partition coefficient (Wildman–Crippen LogP) is 10.6. The number of benzene rings is 6. The van der Waals surface area contributed by atoms with Gasteiger partial charge in [-0.25, -0.2) is 0 Å². The molecule has 1 aromatic heterocycles. The van der Waals surface area contributed by atoms with E-state index >= 15 is 0 Å². The van der Waals surface area contributed by atoms with Gasteiger partial charge in [0.1, 0.15) is 0 Å². The van der Waals surface area contributed by atoms with Gasteiger partial charge in [0.05, 0.1) is 17.3 Å². The van der Waals surface area contributed by atoms with E-state index in [4.69, 9.17) is 0 Å². The summed E-state index contributed by atoms with van der Waals surface area (Å²) in [5, 5.41) is 1.33. The Kier molecular flexibility index (Phi) is 5.67. The Morgan fingerprint density at radius 2 is 1.09 bits per heavy atom. The zero-order valence-corrected chi connectivity index (χ0v) is 24.2. The maximum absolute atomic E-state index is 2.55. The molecule has 2 heteroatoms. The third-order valence-electron chi connectivity index (χ3n) is 9.35. The van der Waals surface area contributed by atoms with Crippen LogP contribution in [0.25, 0.3) is 44.9 Å². The first-order valence-corrected chi connectivity index (χ1v) is 15.4. The summed E-state index contributed by atoms with van der Waals surface area (Å²) in [5.74, 6) is 0.231. The van der Waals surface area contributed by atoms with Gasteiger partial charge in [-0.1, -0.05) is 127 Å². The highest BCUT2D eigenvalue weighted by Crippen LogP contribution is 2.54. The van der Waals surface area contributed by atoms with E-state index < -0.39 is 0 Å². The minimum absolute atomic E-state index is 0.186. The first-order valence-electron chi connectivity index (χ1n) is 15.4. The van der Waals surface area contributed by atoms with E-state index in [1.807, 2.05) is 0 Å². The maximum atomic E-state index is 2.55. The molecule has 7 aromatic rings. The summed E-state index contributed by atoms with van der Waals surface area (Å²) in [4.78, 5) is 2.55. The first-order chi connectivity index (χ1) is 21.8. The molecular weight excluding hydrogens is 532 g/mol. The SMILES string of the molecule is C1=CC2C(c3ccccc3N2c2cccc(-c3ccc(-c4ccccc4)cc3)c2)c2c1n(-c1ccccc1)c1ccccc21. The molecule has 2 nitrogen and oxygen atoms in total. The van der Waals surface area contributed by atoms with Gasteiger partial charge in [-0.3, -0.25) is 0 Å². The fraction of sp³-hybridized carbons (Fsp3) is 0.0476. The molecule has 2 aliphatic rings. The molecule has 0 fully saturated rings. The average molecular weight is 563 g/mol. The van der Waals surface area contributed by atoms with Crippen LogP contribution in [0.4, 0.5) is 11.4 Å². The second-order valence-electron chi connectivity index (χ2n) is 11.7. The van der Waals surface area contributed by atoms with Crippen molar-refractivity contribution >= 4 is 28.4 Å². The van der Waals surface area contributed by atoms with Crippen LogP contribution in [0.3, 0.4) is 0 Å². The fourth-order valence-electron chi connectivity index (χ4n) is 7.44. The van der Waals surface area contributed by atoms with E-state index in [-0.39, 0.29) is 12.0 Å². The molecule has 0 N–H and O–H groups in total. The van der Waals surface area contributed by atoms with Crippen LogP contribution in [-0.2, 0) is 0 Å². The van der Waals surface area contributed by atoms with E-state index in [0.717, 1.165) is 0 Å². The Hall–Kier alpha value is -5.60. The van der Waals surface area contributed by atoms with Crippen LogP contribution in [0.2, 0.25) is 0 Å². The van der Waals surface area contributed by atoms with Crippen molar-refractivity contribution in [3.63, 3.8) is 0 Å². The minimum Gasteiger partial charge on any atom is -0.333 e. The lowest BCUT2D eigenvalue weighted by molar-refractivity contribution is 0.725. The zero-order valence-electron chi connectivity index (χ0n) is 24.2. The number of aromatic nitrogens is 1. The molecule has 208 valence electrons. The largest absolute Gasteiger partial charge is 0.333 e. The van der Waals surface area contributed by atoms with Gasteiger partial charge in [-0.05, 0) is 75.9 Å². The Morgan fingerprint density at radius 1 is 0.477 bits per heavy atom. The van der Waals surface area contributed by atoms with Crippen molar-refractivity contribution in [3.05, 3.63) is 181 Å². The summed E-state index contributed by atoms with van der Waals surface area (Å²) in [6.45, 7) is 0. The predicted molar refractivity (Wildman–Crippen MR) is 184 cm³/mol. The van der Waals surface area contributed by atoms with Crippen molar-refractivity contribution < 1.29 is 0 Å². The van der Waals surface area contributed by atoms with Gasteiger partial charge in [0, 0.05) is 28.4 Å². The van der Waals surface area contributed by atoms with Gasteiger partial charge >= 0.3 is 0 Å². The summed E-state index contributed by atoms with van der Waals surface area (Å²) >= 11 is 0. The number of para-hydroxylation sites is 3. The Labute approximate surface area is 257 Å². The Morgan fingerprint density at radius 3 is 1.91 bits per heavy atom. The molecular formula is C42H30N2. The van der Waals surface area contributed by atoms with Crippen LogP contribution in [0, 0.1) is 0 Å². The van der Waals surface area contributed by atoms with Crippen LogP contribution in [-0.4, -0.2) is 10.6 Å². The lowest BCUT2D eigenvalue weighted by Crippen LogP contribution is -2.30. The van der Waals surface area contributed by atoms with Gasteiger partial charge in [0.25, 0.3) is 0 Å². The Balaban J connectivity index is 1.16. The van der Waals surface area contributed by atoms with Crippen molar-refractivity contribution in [3.8, 4) is 27.9 Å². The monoisotopic (exact) mass is 562 g/mol. The molecule has 2 heterocycles. The third-order valence-corrected chi connectivity index (χ3v) is 9.35. The summed E-state index contributed by atoms with van der Waals surface area (Å²) in [6, 6.07) is 57.4. The second-order valence-corrected chi connectivity index (χ2v) is 11.7. The number of anilines is 2. The topological polar surface area (TPSA) is 8.17 Å². The van der Waals surface area contributed by atoms with Crippen LogP contribution in [0.5, 0.6) is 0 Å². The molecule has 9 rings (SSSR count). The lowest BCUT2D eigenvalue weighted by atomic mass is 9.82. The van der Waals surface area contributed by atoms with E-state index in [9.17, 15) is 0 Å². The van der Waals surface area contributed by atoms with E-state index in [0.29, 0.717) is 0 Å². The molecule has 2 atom stereocenters. The molecule has 1 aliphatic heterocycles. The standard InChI is InChI=1S/C42H30N2/c1-3-12-29(13-4-1)30-22-24-31(25-23-30)32-14-11-17-34(28-32)44-38-21-10-8-19-36(38)42-40(44)27-26-39-41(42)35-18-7-9-20-37(35)43(39)33-15-5-2-6-16-33/h1-28,40,42H. The quantitative estimate of drug-likeness (QED) is 0.207. The van der Waals surface area contributed by atoms with Gasteiger partial charge in [-0.2, -0.15) is 0 Å². The number of nitrogens with zero attached hydrogens (tertiary/aromatic N) is 2.